The Morgan fingerprint density at radius 2 is 2.33 bits per heavy atom. The molecule has 0 aliphatic carbocycles. The van der Waals surface area contributed by atoms with Gasteiger partial charge in [-0.05, 0) is 19.4 Å². The molecule has 0 N–H and O–H groups in total. The molecule has 100 valence electrons. The highest BCUT2D eigenvalue weighted by molar-refractivity contribution is 5.69. The van der Waals surface area contributed by atoms with E-state index in [-0.39, 0.29) is 12.0 Å². The number of aromatic nitrogens is 2. The molecule has 0 amide bonds. The Bertz CT molecular complexity index is 405. The van der Waals surface area contributed by atoms with Crippen LogP contribution in [0.3, 0.4) is 0 Å². The molecule has 0 radical (unpaired) electrons. The van der Waals surface area contributed by atoms with Crippen LogP contribution in [0.4, 0.5) is 0 Å². The van der Waals surface area contributed by atoms with Crippen LogP contribution in [0.5, 0.6) is 0 Å². The summed E-state index contributed by atoms with van der Waals surface area (Å²) in [6.45, 7) is 3.35. The van der Waals surface area contributed by atoms with E-state index in [4.69, 9.17) is 9.15 Å². The molecule has 1 atom stereocenters. The Labute approximate surface area is 106 Å². The van der Waals surface area contributed by atoms with E-state index in [1.165, 1.54) is 7.11 Å². The van der Waals surface area contributed by atoms with E-state index in [0.29, 0.717) is 24.7 Å². The molecule has 6 nitrogen and oxygen atoms in total. The van der Waals surface area contributed by atoms with Gasteiger partial charge >= 0.3 is 5.97 Å². The van der Waals surface area contributed by atoms with Crippen molar-refractivity contribution >= 4 is 5.97 Å². The minimum absolute atomic E-state index is 0.159. The van der Waals surface area contributed by atoms with Crippen molar-refractivity contribution in [2.45, 2.75) is 45.2 Å². The number of ether oxygens (including phenoxy) is 1. The quantitative estimate of drug-likeness (QED) is 0.753. The number of carbonyl (C=O) groups excluding carboxylic acids is 1. The molecule has 1 unspecified atom stereocenters. The predicted octanol–water partition coefficient (Wildman–Crippen LogP) is 1.30. The smallest absolute Gasteiger partial charge is 0.307 e. The van der Waals surface area contributed by atoms with Gasteiger partial charge in [0.15, 0.2) is 0 Å². The van der Waals surface area contributed by atoms with Gasteiger partial charge in [-0.25, -0.2) is 0 Å². The first-order valence-electron chi connectivity index (χ1n) is 6.29. The van der Waals surface area contributed by atoms with E-state index < -0.39 is 0 Å². The molecule has 0 bridgehead atoms. The summed E-state index contributed by atoms with van der Waals surface area (Å²) in [4.78, 5) is 13.6. The molecule has 1 aliphatic heterocycles. The number of hydrogen-bond acceptors (Lipinski definition) is 6. The van der Waals surface area contributed by atoms with Crippen LogP contribution in [-0.4, -0.2) is 40.8 Å². The van der Waals surface area contributed by atoms with Crippen LogP contribution in [0.2, 0.25) is 0 Å². The van der Waals surface area contributed by atoms with Crippen molar-refractivity contribution in [2.75, 3.05) is 13.7 Å². The maximum Gasteiger partial charge on any atom is 0.307 e. The van der Waals surface area contributed by atoms with Gasteiger partial charge in [0.05, 0.1) is 20.1 Å². The van der Waals surface area contributed by atoms with E-state index in [0.717, 1.165) is 25.8 Å². The monoisotopic (exact) mass is 253 g/mol. The van der Waals surface area contributed by atoms with Gasteiger partial charge in [-0.1, -0.05) is 6.42 Å². The highest BCUT2D eigenvalue weighted by Gasteiger charge is 2.26. The van der Waals surface area contributed by atoms with E-state index >= 15 is 0 Å². The zero-order valence-corrected chi connectivity index (χ0v) is 10.9. The largest absolute Gasteiger partial charge is 0.469 e. The fraction of sp³-hybridized carbons (Fsp3) is 0.750. The molecular formula is C12H19N3O3. The molecule has 0 spiro atoms. The molecule has 0 saturated carbocycles. The number of esters is 1. The molecule has 0 aromatic carbocycles. The third-order valence-corrected chi connectivity index (χ3v) is 3.29. The first kappa shape index (κ1) is 13.0. The maximum atomic E-state index is 11.4. The van der Waals surface area contributed by atoms with Gasteiger partial charge in [0.2, 0.25) is 11.8 Å². The third-order valence-electron chi connectivity index (χ3n) is 3.29. The van der Waals surface area contributed by atoms with Crippen molar-refractivity contribution in [3.05, 3.63) is 11.8 Å². The summed E-state index contributed by atoms with van der Waals surface area (Å²) >= 11 is 0. The van der Waals surface area contributed by atoms with Crippen molar-refractivity contribution in [2.24, 2.45) is 0 Å². The Hall–Kier alpha value is -1.43. The average Bonchev–Trinajstić information content (AvgIpc) is 2.77. The zero-order valence-electron chi connectivity index (χ0n) is 10.9. The summed E-state index contributed by atoms with van der Waals surface area (Å²) in [7, 11) is 1.43. The van der Waals surface area contributed by atoms with Crippen LogP contribution in [-0.2, 0) is 16.1 Å². The number of rotatable bonds is 4. The summed E-state index contributed by atoms with van der Waals surface area (Å²) in [6.07, 6.45) is 3.75. The highest BCUT2D eigenvalue weighted by atomic mass is 16.5. The van der Waals surface area contributed by atoms with Gasteiger partial charge in [-0.3, -0.25) is 9.69 Å². The highest BCUT2D eigenvalue weighted by Crippen LogP contribution is 2.21. The average molecular weight is 253 g/mol. The Morgan fingerprint density at radius 1 is 1.50 bits per heavy atom. The Morgan fingerprint density at radius 3 is 3.00 bits per heavy atom. The second kappa shape index (κ2) is 5.95. The van der Waals surface area contributed by atoms with Crippen LogP contribution in [0.1, 0.15) is 37.5 Å². The maximum absolute atomic E-state index is 11.4. The molecule has 1 aromatic rings. The second-order valence-electron chi connectivity index (χ2n) is 4.62. The van der Waals surface area contributed by atoms with Gasteiger partial charge in [-0.15, -0.1) is 10.2 Å². The van der Waals surface area contributed by atoms with Crippen LogP contribution in [0.25, 0.3) is 0 Å². The number of nitrogens with zero attached hydrogens (tertiary/aromatic N) is 3. The summed E-state index contributed by atoms with van der Waals surface area (Å²) in [5.74, 6) is 1.03. The lowest BCUT2D eigenvalue weighted by Crippen LogP contribution is -2.40. The molecule has 6 heteroatoms. The van der Waals surface area contributed by atoms with Crippen LogP contribution in [0.15, 0.2) is 4.42 Å². The molecule has 1 fully saturated rings. The number of likely N-dealkylation sites (tertiary alicyclic amines) is 1. The Balaban J connectivity index is 1.96. The normalized spacial score (nSPS) is 20.9. The summed E-state index contributed by atoms with van der Waals surface area (Å²) in [5, 5.41) is 7.82. The van der Waals surface area contributed by atoms with E-state index in [9.17, 15) is 4.79 Å². The number of piperidine rings is 1. The molecular weight excluding hydrogens is 234 g/mol. The van der Waals surface area contributed by atoms with Gasteiger partial charge < -0.3 is 9.15 Å². The number of hydrogen-bond donors (Lipinski definition) is 0. The molecule has 2 rings (SSSR count). The summed E-state index contributed by atoms with van der Waals surface area (Å²) in [5.41, 5.74) is 0. The number of aryl methyl sites for hydroxylation is 1. The molecule has 2 heterocycles. The number of carbonyl (C=O) groups is 1. The van der Waals surface area contributed by atoms with Gasteiger partial charge in [0.1, 0.15) is 0 Å². The zero-order chi connectivity index (χ0) is 13.0. The van der Waals surface area contributed by atoms with Crippen molar-refractivity contribution in [1.82, 2.24) is 15.1 Å². The van der Waals surface area contributed by atoms with Crippen LogP contribution < -0.4 is 0 Å². The number of methoxy groups -OCH3 is 1. The Kier molecular flexibility index (Phi) is 4.30. The first-order valence-corrected chi connectivity index (χ1v) is 6.29. The summed E-state index contributed by atoms with van der Waals surface area (Å²) in [6, 6.07) is 0.221. The van der Waals surface area contributed by atoms with Crippen molar-refractivity contribution in [3.8, 4) is 0 Å². The predicted molar refractivity (Wildman–Crippen MR) is 63.7 cm³/mol. The van der Waals surface area contributed by atoms with E-state index in [1.807, 2.05) is 0 Å². The lowest BCUT2D eigenvalue weighted by molar-refractivity contribution is -0.142. The minimum Gasteiger partial charge on any atom is -0.469 e. The fourth-order valence-corrected chi connectivity index (χ4v) is 2.35. The molecule has 1 saturated heterocycles. The van der Waals surface area contributed by atoms with Gasteiger partial charge in [0, 0.05) is 13.0 Å². The molecule has 18 heavy (non-hydrogen) atoms. The molecule has 1 aromatic heterocycles. The SMILES string of the molecule is COC(=O)CC1CCCCN1Cc1nnc(C)o1. The van der Waals surface area contributed by atoms with Crippen LogP contribution in [0, 0.1) is 6.92 Å². The second-order valence-corrected chi connectivity index (χ2v) is 4.62. The van der Waals surface area contributed by atoms with E-state index in [2.05, 4.69) is 15.1 Å². The van der Waals surface area contributed by atoms with Crippen molar-refractivity contribution < 1.29 is 13.9 Å². The lowest BCUT2D eigenvalue weighted by atomic mass is 9.99. The fourth-order valence-electron chi connectivity index (χ4n) is 2.35. The van der Waals surface area contributed by atoms with Crippen molar-refractivity contribution in [3.63, 3.8) is 0 Å². The standard InChI is InChI=1S/C12H19N3O3/c1-9-13-14-11(18-9)8-15-6-4-3-5-10(15)7-12(16)17-2/h10H,3-8H2,1-2H3. The first-order chi connectivity index (χ1) is 8.69. The van der Waals surface area contributed by atoms with Gasteiger partial charge in [0.25, 0.3) is 0 Å². The third kappa shape index (κ3) is 3.29. The van der Waals surface area contributed by atoms with Crippen LogP contribution >= 0.6 is 0 Å². The van der Waals surface area contributed by atoms with E-state index in [1.54, 1.807) is 6.92 Å². The van der Waals surface area contributed by atoms with Crippen molar-refractivity contribution in [1.29, 1.82) is 0 Å². The summed E-state index contributed by atoms with van der Waals surface area (Å²) < 4.78 is 10.1. The molecule has 1 aliphatic rings. The lowest BCUT2D eigenvalue weighted by Gasteiger charge is -2.33. The topological polar surface area (TPSA) is 68.5 Å². The minimum atomic E-state index is -0.159. The van der Waals surface area contributed by atoms with Gasteiger partial charge in [-0.2, -0.15) is 0 Å².